The highest BCUT2D eigenvalue weighted by Crippen LogP contribution is 2.31. The monoisotopic (exact) mass is 369 g/mol. The van der Waals surface area contributed by atoms with Crippen LogP contribution in [0, 0.1) is 5.92 Å². The van der Waals surface area contributed by atoms with Crippen LogP contribution >= 0.6 is 0 Å². The maximum atomic E-state index is 12.7. The Bertz CT molecular complexity index is 838. The van der Waals surface area contributed by atoms with Crippen molar-refractivity contribution in [1.29, 1.82) is 0 Å². The fourth-order valence-corrected chi connectivity index (χ4v) is 2.97. The van der Waals surface area contributed by atoms with Gasteiger partial charge >= 0.3 is 0 Å². The summed E-state index contributed by atoms with van der Waals surface area (Å²) in [5, 5.41) is 5.57. The Kier molecular flexibility index (Phi) is 5.93. The zero-order chi connectivity index (χ0) is 19.2. The lowest BCUT2D eigenvalue weighted by molar-refractivity contribution is -0.121. The Morgan fingerprint density at radius 1 is 1.26 bits per heavy atom. The molecule has 0 radical (unpaired) electrons. The second-order valence-electron chi connectivity index (χ2n) is 6.27. The topological polar surface area (TPSA) is 103 Å². The smallest absolute Gasteiger partial charge is 0.253 e. The molecule has 27 heavy (non-hydrogen) atoms. The Labute approximate surface area is 157 Å². The zero-order valence-electron chi connectivity index (χ0n) is 15.2. The van der Waals surface area contributed by atoms with E-state index in [9.17, 15) is 9.59 Å². The zero-order valence-corrected chi connectivity index (χ0v) is 15.2. The van der Waals surface area contributed by atoms with Crippen molar-refractivity contribution >= 4 is 17.5 Å². The minimum Gasteiger partial charge on any atom is -0.497 e. The number of nitrogens with two attached hydrogens (primary N) is 1. The third-order valence-electron chi connectivity index (χ3n) is 4.40. The number of carbonyl (C=O) groups is 2. The molecular formula is C20H23N3O4. The van der Waals surface area contributed by atoms with Crippen LogP contribution in [-0.4, -0.2) is 38.6 Å². The van der Waals surface area contributed by atoms with Crippen LogP contribution in [0.3, 0.4) is 0 Å². The normalized spacial score (nSPS) is 15.3. The molecule has 0 spiro atoms. The number of fused-ring (bicyclic) bond motifs is 1. The molecule has 0 aliphatic carbocycles. The molecule has 1 heterocycles. The average Bonchev–Trinajstić information content (AvgIpc) is 2.71. The number of rotatable bonds is 6. The van der Waals surface area contributed by atoms with E-state index in [2.05, 4.69) is 10.6 Å². The Morgan fingerprint density at radius 3 is 2.85 bits per heavy atom. The highest BCUT2D eigenvalue weighted by Gasteiger charge is 2.27. The number of nitrogens with one attached hydrogen (secondary N) is 2. The van der Waals surface area contributed by atoms with Crippen LogP contribution < -0.4 is 25.8 Å². The highest BCUT2D eigenvalue weighted by molar-refractivity contribution is 6.04. The number of ether oxygens (including phenoxy) is 2. The molecule has 1 unspecified atom stereocenters. The number of para-hydroxylation sites is 1. The molecule has 4 N–H and O–H groups in total. The first-order valence-corrected chi connectivity index (χ1v) is 8.80. The second kappa shape index (κ2) is 8.55. The summed E-state index contributed by atoms with van der Waals surface area (Å²) in [7, 11) is 1.60. The minimum atomic E-state index is -0.357. The van der Waals surface area contributed by atoms with E-state index in [-0.39, 0.29) is 24.3 Å². The maximum absolute atomic E-state index is 12.7. The number of hydrogen-bond acceptors (Lipinski definition) is 5. The maximum Gasteiger partial charge on any atom is 0.253 e. The van der Waals surface area contributed by atoms with Crippen LogP contribution in [0.25, 0.3) is 0 Å². The van der Waals surface area contributed by atoms with Crippen molar-refractivity contribution in [2.45, 2.75) is 6.42 Å². The van der Waals surface area contributed by atoms with E-state index in [0.717, 1.165) is 17.1 Å². The van der Waals surface area contributed by atoms with E-state index in [1.807, 2.05) is 18.2 Å². The third-order valence-corrected chi connectivity index (χ3v) is 4.40. The first-order valence-electron chi connectivity index (χ1n) is 8.80. The highest BCUT2D eigenvalue weighted by atomic mass is 16.5. The molecule has 2 amide bonds. The average molecular weight is 369 g/mol. The van der Waals surface area contributed by atoms with Gasteiger partial charge < -0.3 is 25.8 Å². The minimum absolute atomic E-state index is 0.192. The second-order valence-corrected chi connectivity index (χ2v) is 6.27. The van der Waals surface area contributed by atoms with Gasteiger partial charge in [-0.2, -0.15) is 0 Å². The van der Waals surface area contributed by atoms with Crippen LogP contribution in [0.5, 0.6) is 11.5 Å². The van der Waals surface area contributed by atoms with Gasteiger partial charge in [-0.3, -0.25) is 9.59 Å². The van der Waals surface area contributed by atoms with Crippen molar-refractivity contribution in [3.63, 3.8) is 0 Å². The van der Waals surface area contributed by atoms with Gasteiger partial charge in [-0.05, 0) is 42.3 Å². The Morgan fingerprint density at radius 2 is 2.07 bits per heavy atom. The van der Waals surface area contributed by atoms with Gasteiger partial charge in [0.1, 0.15) is 18.1 Å². The van der Waals surface area contributed by atoms with E-state index >= 15 is 0 Å². The predicted molar refractivity (Wildman–Crippen MR) is 102 cm³/mol. The molecular weight excluding hydrogens is 346 g/mol. The van der Waals surface area contributed by atoms with Gasteiger partial charge in [-0.1, -0.05) is 12.1 Å². The first-order chi connectivity index (χ1) is 13.1. The number of carbonyl (C=O) groups excluding carboxylic acids is 2. The van der Waals surface area contributed by atoms with Gasteiger partial charge in [0.05, 0.1) is 24.3 Å². The molecule has 0 fully saturated rings. The van der Waals surface area contributed by atoms with Gasteiger partial charge in [-0.25, -0.2) is 0 Å². The summed E-state index contributed by atoms with van der Waals surface area (Å²) in [5.41, 5.74) is 7.22. The summed E-state index contributed by atoms with van der Waals surface area (Å²) in [6.45, 7) is 1.01. The van der Waals surface area contributed by atoms with Gasteiger partial charge in [0.25, 0.3) is 5.91 Å². The Balaban J connectivity index is 1.72. The van der Waals surface area contributed by atoms with Crippen molar-refractivity contribution in [3.8, 4) is 11.5 Å². The summed E-state index contributed by atoms with van der Waals surface area (Å²) in [6, 6.07) is 12.4. The van der Waals surface area contributed by atoms with Crippen LogP contribution in [0.4, 0.5) is 5.69 Å². The fourth-order valence-electron chi connectivity index (χ4n) is 2.97. The van der Waals surface area contributed by atoms with E-state index in [1.165, 1.54) is 0 Å². The number of anilines is 1. The molecule has 2 aromatic carbocycles. The molecule has 142 valence electrons. The van der Waals surface area contributed by atoms with Crippen LogP contribution in [0.15, 0.2) is 42.5 Å². The van der Waals surface area contributed by atoms with Crippen LogP contribution in [0.1, 0.15) is 15.9 Å². The molecule has 0 bridgehead atoms. The molecule has 1 aliphatic rings. The summed E-state index contributed by atoms with van der Waals surface area (Å²) in [4.78, 5) is 25.0. The molecule has 2 aromatic rings. The molecule has 1 atom stereocenters. The summed E-state index contributed by atoms with van der Waals surface area (Å²) in [5.74, 6) is 0.667. The number of methoxy groups -OCH3 is 1. The molecule has 7 heteroatoms. The van der Waals surface area contributed by atoms with E-state index < -0.39 is 0 Å². The lowest BCUT2D eigenvalue weighted by Gasteiger charge is -2.25. The molecule has 3 rings (SSSR count). The van der Waals surface area contributed by atoms with Gasteiger partial charge in [0.15, 0.2) is 0 Å². The first kappa shape index (κ1) is 18.7. The molecule has 0 aromatic heterocycles. The van der Waals surface area contributed by atoms with Crippen LogP contribution in [-0.2, 0) is 11.2 Å². The van der Waals surface area contributed by atoms with Gasteiger partial charge in [-0.15, -0.1) is 0 Å². The van der Waals surface area contributed by atoms with E-state index in [4.69, 9.17) is 15.2 Å². The predicted octanol–water partition coefficient (Wildman–Crippen LogP) is 1.57. The fraction of sp³-hybridized carbons (Fsp3) is 0.300. The van der Waals surface area contributed by atoms with E-state index in [0.29, 0.717) is 30.8 Å². The molecule has 1 aliphatic heterocycles. The summed E-state index contributed by atoms with van der Waals surface area (Å²) in [6.07, 6.45) is 0.542. The number of hydrogen-bond donors (Lipinski definition) is 3. The van der Waals surface area contributed by atoms with Crippen molar-refractivity contribution < 1.29 is 19.1 Å². The van der Waals surface area contributed by atoms with Crippen molar-refractivity contribution in [2.24, 2.45) is 11.7 Å². The summed E-state index contributed by atoms with van der Waals surface area (Å²) < 4.78 is 11.0. The van der Waals surface area contributed by atoms with Crippen molar-refractivity contribution in [2.75, 3.05) is 32.1 Å². The Hall–Kier alpha value is -3.06. The lowest BCUT2D eigenvalue weighted by atomic mass is 9.95. The van der Waals surface area contributed by atoms with Gasteiger partial charge in [0, 0.05) is 13.1 Å². The summed E-state index contributed by atoms with van der Waals surface area (Å²) >= 11 is 0. The largest absolute Gasteiger partial charge is 0.497 e. The third kappa shape index (κ3) is 4.38. The van der Waals surface area contributed by atoms with Gasteiger partial charge in [0.2, 0.25) is 5.91 Å². The number of benzene rings is 2. The standard InChI is InChI=1S/C20H23N3O4/c1-26-15-6-7-18-13(11-15)10-14(12-27-18)19(24)23-17-5-3-2-4-16(17)20(25)22-9-8-21/h2-7,11,14H,8-10,12,21H2,1H3,(H,22,25)(H,23,24). The lowest BCUT2D eigenvalue weighted by Crippen LogP contribution is -2.34. The molecule has 7 nitrogen and oxygen atoms in total. The quantitative estimate of drug-likeness (QED) is 0.717. The van der Waals surface area contributed by atoms with Crippen molar-refractivity contribution in [3.05, 3.63) is 53.6 Å². The molecule has 0 saturated carbocycles. The SMILES string of the molecule is COc1ccc2c(c1)CC(C(=O)Nc1ccccc1C(=O)NCCN)CO2. The van der Waals surface area contributed by atoms with Crippen LogP contribution in [0.2, 0.25) is 0 Å². The number of amides is 2. The van der Waals surface area contributed by atoms with Crippen molar-refractivity contribution in [1.82, 2.24) is 5.32 Å². The van der Waals surface area contributed by atoms with E-state index in [1.54, 1.807) is 31.4 Å². The molecule has 0 saturated heterocycles.